The number of fused-ring (bicyclic) bond motifs is 1. The first-order chi connectivity index (χ1) is 11.9. The first-order valence-electron chi connectivity index (χ1n) is 7.41. The SMILES string of the molecule is CC1Oc2ccc(NC(=O)CSc3ccc(F)c(F)c3)cc2NC1=O. The molecule has 0 saturated heterocycles. The van der Waals surface area contributed by atoms with Crippen molar-refractivity contribution in [3.63, 3.8) is 0 Å². The fourth-order valence-corrected chi connectivity index (χ4v) is 2.92. The lowest BCUT2D eigenvalue weighted by Crippen LogP contribution is -2.34. The Bertz CT molecular complexity index is 845. The molecule has 0 aromatic heterocycles. The molecule has 2 aromatic carbocycles. The second-order valence-corrected chi connectivity index (χ2v) is 6.42. The average molecular weight is 364 g/mol. The van der Waals surface area contributed by atoms with Crippen molar-refractivity contribution in [3.05, 3.63) is 48.0 Å². The largest absolute Gasteiger partial charge is 0.479 e. The lowest BCUT2D eigenvalue weighted by atomic mass is 10.2. The van der Waals surface area contributed by atoms with E-state index >= 15 is 0 Å². The monoisotopic (exact) mass is 364 g/mol. The van der Waals surface area contributed by atoms with Gasteiger partial charge in [-0.3, -0.25) is 9.59 Å². The molecule has 2 amide bonds. The lowest BCUT2D eigenvalue weighted by Gasteiger charge is -2.23. The highest BCUT2D eigenvalue weighted by molar-refractivity contribution is 8.00. The Morgan fingerprint density at radius 3 is 2.80 bits per heavy atom. The topological polar surface area (TPSA) is 67.4 Å². The Morgan fingerprint density at radius 1 is 1.24 bits per heavy atom. The maximum atomic E-state index is 13.1. The average Bonchev–Trinajstić information content (AvgIpc) is 2.57. The molecule has 0 saturated carbocycles. The van der Waals surface area contributed by atoms with E-state index in [9.17, 15) is 18.4 Å². The van der Waals surface area contributed by atoms with Crippen LogP contribution in [0.2, 0.25) is 0 Å². The molecule has 0 radical (unpaired) electrons. The summed E-state index contributed by atoms with van der Waals surface area (Å²) in [6.07, 6.45) is -0.569. The van der Waals surface area contributed by atoms with Gasteiger partial charge in [0.2, 0.25) is 5.91 Å². The Kier molecular flexibility index (Phi) is 4.89. The zero-order valence-corrected chi connectivity index (χ0v) is 14.0. The van der Waals surface area contributed by atoms with Crippen LogP contribution >= 0.6 is 11.8 Å². The number of rotatable bonds is 4. The van der Waals surface area contributed by atoms with Crippen molar-refractivity contribution >= 4 is 35.0 Å². The molecule has 2 aromatic rings. The van der Waals surface area contributed by atoms with Gasteiger partial charge in [0.25, 0.3) is 5.91 Å². The number of hydrogen-bond acceptors (Lipinski definition) is 4. The van der Waals surface area contributed by atoms with E-state index in [1.54, 1.807) is 25.1 Å². The molecular weight excluding hydrogens is 350 g/mol. The summed E-state index contributed by atoms with van der Waals surface area (Å²) >= 11 is 1.09. The van der Waals surface area contributed by atoms with E-state index < -0.39 is 17.7 Å². The molecule has 0 bridgehead atoms. The van der Waals surface area contributed by atoms with Crippen molar-refractivity contribution in [2.45, 2.75) is 17.9 Å². The van der Waals surface area contributed by atoms with E-state index in [1.807, 2.05) is 0 Å². The first kappa shape index (κ1) is 17.2. The predicted octanol–water partition coefficient (Wildman–Crippen LogP) is 3.42. The van der Waals surface area contributed by atoms with Gasteiger partial charge in [0.15, 0.2) is 17.7 Å². The normalized spacial score (nSPS) is 15.8. The summed E-state index contributed by atoms with van der Waals surface area (Å²) in [5, 5.41) is 5.37. The van der Waals surface area contributed by atoms with Crippen LogP contribution in [0.1, 0.15) is 6.92 Å². The van der Waals surface area contributed by atoms with Crippen LogP contribution in [0.25, 0.3) is 0 Å². The minimum absolute atomic E-state index is 0.0298. The predicted molar refractivity (Wildman–Crippen MR) is 90.9 cm³/mol. The third kappa shape index (κ3) is 4.08. The van der Waals surface area contributed by atoms with Gasteiger partial charge >= 0.3 is 0 Å². The number of amides is 2. The number of thioether (sulfide) groups is 1. The number of nitrogens with one attached hydrogen (secondary N) is 2. The summed E-state index contributed by atoms with van der Waals surface area (Å²) in [6.45, 7) is 1.64. The molecule has 1 heterocycles. The molecule has 0 fully saturated rings. The van der Waals surface area contributed by atoms with E-state index in [1.165, 1.54) is 6.07 Å². The number of hydrogen-bond donors (Lipinski definition) is 2. The number of carbonyl (C=O) groups excluding carboxylic acids is 2. The second-order valence-electron chi connectivity index (χ2n) is 5.37. The molecule has 0 spiro atoms. The maximum absolute atomic E-state index is 13.1. The zero-order valence-electron chi connectivity index (χ0n) is 13.1. The molecule has 1 aliphatic rings. The van der Waals surface area contributed by atoms with Crippen LogP contribution in [0.5, 0.6) is 5.75 Å². The molecule has 2 N–H and O–H groups in total. The summed E-state index contributed by atoms with van der Waals surface area (Å²) in [5.41, 5.74) is 0.974. The number of carbonyl (C=O) groups is 2. The molecule has 130 valence electrons. The van der Waals surface area contributed by atoms with E-state index in [4.69, 9.17) is 4.74 Å². The van der Waals surface area contributed by atoms with Crippen LogP contribution in [0.4, 0.5) is 20.2 Å². The Balaban J connectivity index is 1.60. The van der Waals surface area contributed by atoms with Gasteiger partial charge in [-0.25, -0.2) is 8.78 Å². The number of ether oxygens (including phenoxy) is 1. The molecule has 8 heteroatoms. The van der Waals surface area contributed by atoms with Gasteiger partial charge in [-0.15, -0.1) is 11.8 Å². The van der Waals surface area contributed by atoms with Gasteiger partial charge in [0.05, 0.1) is 11.4 Å². The second kappa shape index (κ2) is 7.10. The van der Waals surface area contributed by atoms with Gasteiger partial charge in [-0.05, 0) is 43.3 Å². The number of anilines is 2. The molecule has 0 aliphatic carbocycles. The van der Waals surface area contributed by atoms with Crippen molar-refractivity contribution in [2.75, 3.05) is 16.4 Å². The van der Waals surface area contributed by atoms with Gasteiger partial charge in [0, 0.05) is 10.6 Å². The molecule has 5 nitrogen and oxygen atoms in total. The lowest BCUT2D eigenvalue weighted by molar-refractivity contribution is -0.122. The molecule has 1 atom stereocenters. The molecule has 1 aliphatic heterocycles. The minimum Gasteiger partial charge on any atom is -0.479 e. The van der Waals surface area contributed by atoms with Crippen LogP contribution in [-0.2, 0) is 9.59 Å². The van der Waals surface area contributed by atoms with Crippen molar-refractivity contribution in [1.82, 2.24) is 0 Å². The Labute approximate surface area is 146 Å². The van der Waals surface area contributed by atoms with Crippen LogP contribution < -0.4 is 15.4 Å². The van der Waals surface area contributed by atoms with Gasteiger partial charge in [-0.2, -0.15) is 0 Å². The summed E-state index contributed by atoms with van der Waals surface area (Å²) in [7, 11) is 0. The van der Waals surface area contributed by atoms with Crippen LogP contribution in [0.3, 0.4) is 0 Å². The standard InChI is InChI=1S/C17H14F2N2O3S/c1-9-17(23)21-14-6-10(2-5-15(14)24-9)20-16(22)8-25-11-3-4-12(18)13(19)7-11/h2-7,9H,8H2,1H3,(H,20,22)(H,21,23). The van der Waals surface area contributed by atoms with E-state index in [-0.39, 0.29) is 17.6 Å². The van der Waals surface area contributed by atoms with Crippen LogP contribution in [-0.4, -0.2) is 23.7 Å². The van der Waals surface area contributed by atoms with Gasteiger partial charge < -0.3 is 15.4 Å². The smallest absolute Gasteiger partial charge is 0.265 e. The quantitative estimate of drug-likeness (QED) is 0.816. The van der Waals surface area contributed by atoms with E-state index in [0.717, 1.165) is 23.9 Å². The fraction of sp³-hybridized carbons (Fsp3) is 0.176. The third-order valence-corrected chi connectivity index (χ3v) is 4.45. The summed E-state index contributed by atoms with van der Waals surface area (Å²) in [6, 6.07) is 8.37. The Morgan fingerprint density at radius 2 is 2.04 bits per heavy atom. The minimum atomic E-state index is -0.954. The first-order valence-corrected chi connectivity index (χ1v) is 8.40. The van der Waals surface area contributed by atoms with Crippen molar-refractivity contribution in [2.24, 2.45) is 0 Å². The van der Waals surface area contributed by atoms with Gasteiger partial charge in [-0.1, -0.05) is 0 Å². The van der Waals surface area contributed by atoms with E-state index in [0.29, 0.717) is 22.0 Å². The van der Waals surface area contributed by atoms with Crippen molar-refractivity contribution < 1.29 is 23.1 Å². The zero-order chi connectivity index (χ0) is 18.0. The highest BCUT2D eigenvalue weighted by Crippen LogP contribution is 2.32. The number of benzene rings is 2. The maximum Gasteiger partial charge on any atom is 0.265 e. The summed E-state index contributed by atoms with van der Waals surface area (Å²) in [5.74, 6) is -1.90. The Hall–Kier alpha value is -2.61. The number of halogens is 2. The summed E-state index contributed by atoms with van der Waals surface area (Å²) in [4.78, 5) is 24.1. The van der Waals surface area contributed by atoms with Crippen LogP contribution in [0.15, 0.2) is 41.3 Å². The third-order valence-electron chi connectivity index (χ3n) is 3.46. The highest BCUT2D eigenvalue weighted by atomic mass is 32.2. The van der Waals surface area contributed by atoms with Crippen molar-refractivity contribution in [1.29, 1.82) is 0 Å². The molecule has 25 heavy (non-hydrogen) atoms. The van der Waals surface area contributed by atoms with Crippen molar-refractivity contribution in [3.8, 4) is 5.75 Å². The van der Waals surface area contributed by atoms with Gasteiger partial charge in [0.1, 0.15) is 5.75 Å². The molecular formula is C17H14F2N2O3S. The fourth-order valence-electron chi connectivity index (χ4n) is 2.20. The molecule has 1 unspecified atom stereocenters. The van der Waals surface area contributed by atoms with Crippen LogP contribution in [0, 0.1) is 11.6 Å². The summed E-state index contributed by atoms with van der Waals surface area (Å²) < 4.78 is 31.4. The highest BCUT2D eigenvalue weighted by Gasteiger charge is 2.23. The molecule has 3 rings (SSSR count). The van der Waals surface area contributed by atoms with E-state index in [2.05, 4.69) is 10.6 Å².